The van der Waals surface area contributed by atoms with Crippen LogP contribution in [0.3, 0.4) is 0 Å². The number of allylic oxidation sites excluding steroid dienone is 10. The first-order valence-corrected chi connectivity index (χ1v) is 25.6. The van der Waals surface area contributed by atoms with Crippen LogP contribution in [0.5, 0.6) is 0 Å². The monoisotopic (exact) mass is 1170 g/mol. The van der Waals surface area contributed by atoms with E-state index in [-0.39, 0.29) is 43.3 Å². The second-order valence-corrected chi connectivity index (χ2v) is 25.9. The van der Waals surface area contributed by atoms with Gasteiger partial charge in [0.15, 0.2) is 11.6 Å². The summed E-state index contributed by atoms with van der Waals surface area (Å²) < 4.78 is 91.8. The highest BCUT2D eigenvalue weighted by atomic mass is 79.9. The Balaban J connectivity index is 1.54. The Morgan fingerprint density at radius 2 is 0.771 bits per heavy atom. The maximum Gasteiger partial charge on any atom is 0.417 e. The van der Waals surface area contributed by atoms with Gasteiger partial charge in [-0.15, -0.1) is 43.1 Å². The first-order chi connectivity index (χ1) is 32.0. The number of thiophene rings is 2. The summed E-state index contributed by atoms with van der Waals surface area (Å²) in [6.07, 6.45) is -3.62. The predicted molar refractivity (Wildman–Crippen MR) is 279 cm³/mol. The van der Waals surface area contributed by atoms with Gasteiger partial charge in [0.05, 0.1) is 29.6 Å². The highest BCUT2D eigenvalue weighted by Gasteiger charge is 2.41. The summed E-state index contributed by atoms with van der Waals surface area (Å²) in [5, 5.41) is 17.5. The zero-order chi connectivity index (χ0) is 52.4. The van der Waals surface area contributed by atoms with E-state index in [0.29, 0.717) is 64.0 Å². The van der Waals surface area contributed by atoms with Crippen LogP contribution in [0, 0.1) is 21.7 Å². The average molecular weight is 1170 g/mol. The molecule has 2 aliphatic rings. The second kappa shape index (κ2) is 19.8. The highest BCUT2D eigenvalue weighted by molar-refractivity contribution is 9.11. The molecule has 0 spiro atoms. The normalized spacial score (nSPS) is 15.8. The van der Waals surface area contributed by atoms with Crippen molar-refractivity contribution < 1.29 is 35.9 Å². The molecular weight excluding hydrogens is 1120 g/mol. The number of alkyl halides is 6. The van der Waals surface area contributed by atoms with Crippen LogP contribution in [0.2, 0.25) is 8.67 Å². The minimum absolute atomic E-state index is 0.0984. The second-order valence-electron chi connectivity index (χ2n) is 20.8. The van der Waals surface area contributed by atoms with Gasteiger partial charge in [-0.3, -0.25) is 9.59 Å². The summed E-state index contributed by atoms with van der Waals surface area (Å²) in [7, 11) is 0. The van der Waals surface area contributed by atoms with Crippen molar-refractivity contribution >= 4 is 112 Å². The summed E-state index contributed by atoms with van der Waals surface area (Å²) in [6, 6.07) is 9.69. The van der Waals surface area contributed by atoms with E-state index < -0.39 is 56.3 Å². The maximum atomic E-state index is 15.2. The van der Waals surface area contributed by atoms with Crippen LogP contribution in [0.1, 0.15) is 104 Å². The molecule has 0 saturated carbocycles. The maximum absolute atomic E-state index is 15.2. The Bertz CT molecular complexity index is 2810. The molecule has 2 aliphatic carbocycles. The minimum atomic E-state index is -5.18. The summed E-state index contributed by atoms with van der Waals surface area (Å²) in [5.41, 5.74) is -4.26. The van der Waals surface area contributed by atoms with Gasteiger partial charge in [0.1, 0.15) is 22.8 Å². The fourth-order valence-electron chi connectivity index (χ4n) is 7.54. The van der Waals surface area contributed by atoms with Crippen LogP contribution in [-0.4, -0.2) is 11.6 Å². The molecule has 6 rings (SSSR count). The van der Waals surface area contributed by atoms with Gasteiger partial charge < -0.3 is 0 Å². The number of benzene rings is 2. The van der Waals surface area contributed by atoms with E-state index in [1.807, 2.05) is 83.1 Å². The van der Waals surface area contributed by atoms with Gasteiger partial charge in [-0.2, -0.15) is 26.3 Å². The zero-order valence-corrected chi connectivity index (χ0v) is 46.4. The molecule has 370 valence electrons. The summed E-state index contributed by atoms with van der Waals surface area (Å²) >= 11 is 21.5. The quantitative estimate of drug-likeness (QED) is 0.136. The van der Waals surface area contributed by atoms with Gasteiger partial charge in [0.25, 0.3) is 0 Å². The Morgan fingerprint density at radius 1 is 0.486 bits per heavy atom. The molecule has 2 aromatic carbocycles. The third-order valence-corrected chi connectivity index (χ3v) is 14.9. The fraction of sp³-hybridized carbons (Fsp3) is 0.346. The molecule has 0 bridgehead atoms. The van der Waals surface area contributed by atoms with Gasteiger partial charge in [-0.1, -0.05) is 106 Å². The molecule has 0 saturated heterocycles. The van der Waals surface area contributed by atoms with E-state index in [4.69, 9.17) is 23.2 Å². The lowest BCUT2D eigenvalue weighted by Crippen LogP contribution is -2.28. The van der Waals surface area contributed by atoms with Crippen LogP contribution >= 0.6 is 77.7 Å². The van der Waals surface area contributed by atoms with Crippen LogP contribution in [0.4, 0.5) is 37.7 Å². The zero-order valence-electron chi connectivity index (χ0n) is 40.1. The van der Waals surface area contributed by atoms with Gasteiger partial charge >= 0.3 is 12.4 Å². The Hall–Kier alpha value is -4.06. The number of carbonyl (C=O) groups is 2. The first-order valence-electron chi connectivity index (χ1n) is 21.6. The molecule has 2 heterocycles. The summed E-state index contributed by atoms with van der Waals surface area (Å²) in [5.74, 6) is -0.303. The lowest BCUT2D eigenvalue weighted by Gasteiger charge is -2.31. The number of rotatable bonds is 7. The molecule has 0 atom stereocenters. The van der Waals surface area contributed by atoms with Crippen molar-refractivity contribution in [2.75, 3.05) is 0 Å². The van der Waals surface area contributed by atoms with Crippen molar-refractivity contribution in [3.8, 4) is 11.1 Å². The first kappa shape index (κ1) is 55.3. The molecular formula is C52H48Br2Cl2F6N4O2S2. The number of halogens is 10. The van der Waals surface area contributed by atoms with Gasteiger partial charge in [-0.25, -0.2) is 0 Å². The Labute approximate surface area is 438 Å². The number of nitrogens with zero attached hydrogens (tertiary/aromatic N) is 4. The van der Waals surface area contributed by atoms with Gasteiger partial charge in [0, 0.05) is 42.4 Å². The standard InChI is InChI=1S/C52H48Br2Cl2F6N4O2S2/c1-47(2,3)31-17-25(18-32(45(31)67)48(4,5)6)43(39-13-15-41(55)69-39)65-63-37-23-29(51(57,58)59)27(21-35(37)53)28-22-36(54)38(24-30(28)52(60,61)62)64-66-44(40-14-16-42(56)70-40)26-19-33(49(7,8)9)46(68)34(20-26)50(10,11)12/h13-24H,1-12H3/b65-63+,66-64+. The molecule has 4 aromatic rings. The van der Waals surface area contributed by atoms with Crippen LogP contribution in [0.15, 0.2) is 136 Å². The van der Waals surface area contributed by atoms with E-state index in [1.165, 1.54) is 0 Å². The number of ketones is 2. The fourth-order valence-corrected chi connectivity index (χ4v) is 10.5. The molecule has 0 fully saturated rings. The van der Waals surface area contributed by atoms with Gasteiger partial charge in [0.2, 0.25) is 0 Å². The molecule has 0 aliphatic heterocycles. The molecule has 0 radical (unpaired) electrons. The Kier molecular flexibility index (Phi) is 15.6. The van der Waals surface area contributed by atoms with E-state index in [1.54, 1.807) is 48.6 Å². The number of hydrogen-bond acceptors (Lipinski definition) is 8. The molecule has 0 N–H and O–H groups in total. The lowest BCUT2D eigenvalue weighted by molar-refractivity contribution is -0.139. The highest BCUT2D eigenvalue weighted by Crippen LogP contribution is 2.50. The number of Topliss-reactive ketones (excluding diaryl/α,β-unsaturated/α-hetero) is 2. The molecule has 18 heteroatoms. The topological polar surface area (TPSA) is 83.6 Å². The van der Waals surface area contributed by atoms with E-state index in [2.05, 4.69) is 52.3 Å². The minimum Gasteiger partial charge on any atom is -0.289 e. The van der Waals surface area contributed by atoms with Crippen molar-refractivity contribution in [3.63, 3.8) is 0 Å². The summed E-state index contributed by atoms with van der Waals surface area (Å²) in [4.78, 5) is 28.5. The number of carbonyl (C=O) groups excluding carboxylic acids is 2. The molecule has 0 amide bonds. The molecule has 0 unspecified atom stereocenters. The predicted octanol–water partition coefficient (Wildman–Crippen LogP) is 20.4. The Morgan fingerprint density at radius 3 is 1.00 bits per heavy atom. The number of azo groups is 2. The van der Waals surface area contributed by atoms with Crippen LogP contribution in [0.25, 0.3) is 22.5 Å². The molecule has 70 heavy (non-hydrogen) atoms. The SMILES string of the molecule is CC(C)(C)C1=CC(=C(/N=N/c2cc(C(F)(F)F)c(-c3cc(Br)c(/N=N/C(=C4C=C(C(C)(C)C)C(=O)C(C(C)(C)C)=C4)c4ccc(Cl)s4)cc3C(F)(F)F)cc2Br)c2ccc(Cl)s2)C=C(C(C)(C)C)C1=O. The van der Waals surface area contributed by atoms with E-state index >= 15 is 26.3 Å². The molecule has 2 aromatic heterocycles. The van der Waals surface area contributed by atoms with Crippen molar-refractivity contribution in [3.05, 3.63) is 145 Å². The van der Waals surface area contributed by atoms with Crippen LogP contribution in [-0.2, 0) is 21.9 Å². The van der Waals surface area contributed by atoms with E-state index in [0.717, 1.165) is 34.8 Å². The van der Waals surface area contributed by atoms with Crippen molar-refractivity contribution in [1.82, 2.24) is 0 Å². The van der Waals surface area contributed by atoms with Crippen LogP contribution < -0.4 is 0 Å². The largest absolute Gasteiger partial charge is 0.417 e. The van der Waals surface area contributed by atoms with Crippen molar-refractivity contribution in [2.24, 2.45) is 42.1 Å². The average Bonchev–Trinajstić information content (AvgIpc) is 3.84. The van der Waals surface area contributed by atoms with Crippen molar-refractivity contribution in [2.45, 2.75) is 95.4 Å². The third-order valence-electron chi connectivity index (χ3n) is 11.2. The third kappa shape index (κ3) is 12.2. The lowest BCUT2D eigenvalue weighted by atomic mass is 9.71. The van der Waals surface area contributed by atoms with Crippen molar-refractivity contribution in [1.29, 1.82) is 0 Å². The van der Waals surface area contributed by atoms with Gasteiger partial charge in [-0.05, 0) is 137 Å². The molecule has 6 nitrogen and oxygen atoms in total. The van der Waals surface area contributed by atoms with E-state index in [9.17, 15) is 9.59 Å². The number of hydrogen-bond donors (Lipinski definition) is 0. The smallest absolute Gasteiger partial charge is 0.289 e. The summed E-state index contributed by atoms with van der Waals surface area (Å²) in [6.45, 7) is 22.7.